The van der Waals surface area contributed by atoms with Crippen LogP contribution in [-0.4, -0.2) is 92.5 Å². The summed E-state index contributed by atoms with van der Waals surface area (Å²) < 4.78 is 11.0. The second-order valence-corrected chi connectivity index (χ2v) is 8.42. The van der Waals surface area contributed by atoms with Crippen LogP contribution in [0.1, 0.15) is 47.0 Å². The molecule has 8 nitrogen and oxygen atoms in total. The minimum Gasteiger partial charge on any atom is -0.444 e. The number of amides is 1. The lowest BCUT2D eigenvalue weighted by molar-refractivity contribution is 0.0109. The van der Waals surface area contributed by atoms with Crippen molar-refractivity contribution >= 4 is 12.1 Å². The molecule has 0 bridgehead atoms. The average molecular weight is 398 g/mol. The topological polar surface area (TPSA) is 78.4 Å². The van der Waals surface area contributed by atoms with Crippen LogP contribution in [0.2, 0.25) is 0 Å². The zero-order valence-corrected chi connectivity index (χ0v) is 18.1. The molecule has 0 aliphatic carbocycles. The molecule has 2 fully saturated rings. The fourth-order valence-electron chi connectivity index (χ4n) is 3.45. The second kappa shape index (κ2) is 11.5. The van der Waals surface area contributed by atoms with Crippen LogP contribution in [0.15, 0.2) is 4.99 Å². The van der Waals surface area contributed by atoms with Gasteiger partial charge in [-0.15, -0.1) is 0 Å². The molecule has 8 heteroatoms. The maximum atomic E-state index is 12.5. The van der Waals surface area contributed by atoms with E-state index in [1.54, 1.807) is 0 Å². The molecule has 0 saturated carbocycles. The van der Waals surface area contributed by atoms with Crippen LogP contribution in [-0.2, 0) is 9.47 Å². The monoisotopic (exact) mass is 397 g/mol. The molecule has 2 rings (SSSR count). The van der Waals surface area contributed by atoms with E-state index in [2.05, 4.69) is 22.5 Å². The number of carbonyl (C=O) groups is 1. The number of likely N-dealkylation sites (tertiary alicyclic amines) is 1. The number of aliphatic imine (C=N–C) groups is 1. The van der Waals surface area contributed by atoms with Crippen LogP contribution in [0.25, 0.3) is 0 Å². The van der Waals surface area contributed by atoms with Crippen molar-refractivity contribution in [2.75, 3.05) is 59.0 Å². The third-order valence-corrected chi connectivity index (χ3v) is 4.88. The normalized spacial score (nSPS) is 22.1. The summed E-state index contributed by atoms with van der Waals surface area (Å²) in [6.45, 7) is 15.3. The lowest BCUT2D eigenvalue weighted by Gasteiger charge is -2.36. The number of hydrogen-bond donors (Lipinski definition) is 2. The molecule has 2 heterocycles. The molecular formula is C20H39N5O3. The molecule has 0 aromatic heterocycles. The minimum atomic E-state index is -0.474. The number of nitrogens with zero attached hydrogens (tertiary/aromatic N) is 3. The molecule has 162 valence electrons. The lowest BCUT2D eigenvalue weighted by atomic mass is 10.0. The van der Waals surface area contributed by atoms with Crippen molar-refractivity contribution in [3.63, 3.8) is 0 Å². The van der Waals surface area contributed by atoms with Gasteiger partial charge in [0.25, 0.3) is 0 Å². The van der Waals surface area contributed by atoms with Gasteiger partial charge in [0.2, 0.25) is 0 Å². The molecule has 0 aromatic rings. The van der Waals surface area contributed by atoms with Crippen LogP contribution in [0.5, 0.6) is 0 Å². The molecule has 2 saturated heterocycles. The largest absolute Gasteiger partial charge is 0.444 e. The van der Waals surface area contributed by atoms with E-state index >= 15 is 0 Å². The van der Waals surface area contributed by atoms with Crippen molar-refractivity contribution in [2.24, 2.45) is 4.99 Å². The Bertz CT molecular complexity index is 501. The summed E-state index contributed by atoms with van der Waals surface area (Å²) in [5.41, 5.74) is -0.474. The van der Waals surface area contributed by atoms with Crippen LogP contribution in [0, 0.1) is 0 Å². The first kappa shape index (κ1) is 22.7. The van der Waals surface area contributed by atoms with Gasteiger partial charge >= 0.3 is 6.09 Å². The second-order valence-electron chi connectivity index (χ2n) is 8.42. The molecular weight excluding hydrogens is 358 g/mol. The Labute approximate surface area is 170 Å². The molecule has 1 atom stereocenters. The third-order valence-electron chi connectivity index (χ3n) is 4.88. The predicted molar refractivity (Wildman–Crippen MR) is 112 cm³/mol. The van der Waals surface area contributed by atoms with Gasteiger partial charge in [-0.2, -0.15) is 0 Å². The van der Waals surface area contributed by atoms with Crippen molar-refractivity contribution in [1.29, 1.82) is 0 Å². The molecule has 2 aliphatic rings. The number of piperidine rings is 1. The van der Waals surface area contributed by atoms with Crippen LogP contribution in [0.3, 0.4) is 0 Å². The smallest absolute Gasteiger partial charge is 0.410 e. The van der Waals surface area contributed by atoms with Gasteiger partial charge in [0.05, 0.1) is 25.8 Å². The maximum absolute atomic E-state index is 12.5. The highest BCUT2D eigenvalue weighted by Gasteiger charge is 2.30. The van der Waals surface area contributed by atoms with Gasteiger partial charge in [-0.25, -0.2) is 4.79 Å². The van der Waals surface area contributed by atoms with Gasteiger partial charge in [0.15, 0.2) is 5.96 Å². The highest BCUT2D eigenvalue weighted by atomic mass is 16.6. The van der Waals surface area contributed by atoms with Crippen molar-refractivity contribution in [2.45, 2.75) is 58.6 Å². The van der Waals surface area contributed by atoms with Crippen molar-refractivity contribution < 1.29 is 14.3 Å². The van der Waals surface area contributed by atoms with Gasteiger partial charge in [0, 0.05) is 39.3 Å². The van der Waals surface area contributed by atoms with Gasteiger partial charge in [-0.3, -0.25) is 9.89 Å². The third kappa shape index (κ3) is 8.22. The molecule has 0 aromatic carbocycles. The summed E-state index contributed by atoms with van der Waals surface area (Å²) >= 11 is 0. The summed E-state index contributed by atoms with van der Waals surface area (Å²) in [5, 5.41) is 6.71. The number of hydrogen-bond acceptors (Lipinski definition) is 5. The Morgan fingerprint density at radius 1 is 1.18 bits per heavy atom. The molecule has 0 spiro atoms. The molecule has 28 heavy (non-hydrogen) atoms. The van der Waals surface area contributed by atoms with E-state index in [1.165, 1.54) is 0 Å². The highest BCUT2D eigenvalue weighted by Crippen LogP contribution is 2.20. The quantitative estimate of drug-likeness (QED) is 0.524. The zero-order chi connectivity index (χ0) is 20.4. The van der Waals surface area contributed by atoms with Crippen molar-refractivity contribution in [3.8, 4) is 0 Å². The summed E-state index contributed by atoms with van der Waals surface area (Å²) in [6, 6.07) is 0.0956. The van der Waals surface area contributed by atoms with Gasteiger partial charge in [-0.1, -0.05) is 0 Å². The summed E-state index contributed by atoms with van der Waals surface area (Å²) in [5.74, 6) is 0.811. The summed E-state index contributed by atoms with van der Waals surface area (Å²) in [4.78, 5) is 21.6. The van der Waals surface area contributed by atoms with E-state index in [9.17, 15) is 4.79 Å². The fourth-order valence-corrected chi connectivity index (χ4v) is 3.45. The summed E-state index contributed by atoms with van der Waals surface area (Å²) in [7, 11) is 0. The lowest BCUT2D eigenvalue weighted by Crippen LogP contribution is -2.48. The first-order valence-electron chi connectivity index (χ1n) is 10.7. The number of morpholine rings is 1. The number of carbonyl (C=O) groups excluding carboxylic acids is 1. The van der Waals surface area contributed by atoms with Gasteiger partial charge in [-0.05, 0) is 47.0 Å². The number of nitrogens with one attached hydrogen (secondary N) is 2. The Hall–Kier alpha value is -1.54. The molecule has 2 N–H and O–H groups in total. The Kier molecular flexibility index (Phi) is 9.31. The molecule has 2 aliphatic heterocycles. The maximum Gasteiger partial charge on any atom is 0.410 e. The number of ether oxygens (including phenoxy) is 2. The molecule has 1 unspecified atom stereocenters. The SMILES string of the molecule is CCNC(=NCC1CCCCN1C(=O)OC(C)(C)C)NCCN1CCOCC1. The number of guanidine groups is 1. The van der Waals surface area contributed by atoms with Gasteiger partial charge in [0.1, 0.15) is 5.60 Å². The van der Waals surface area contributed by atoms with Gasteiger partial charge < -0.3 is 25.0 Å². The predicted octanol–water partition coefficient (Wildman–Crippen LogP) is 1.66. The Morgan fingerprint density at radius 2 is 1.93 bits per heavy atom. The van der Waals surface area contributed by atoms with E-state index in [4.69, 9.17) is 14.5 Å². The summed E-state index contributed by atoms with van der Waals surface area (Å²) in [6.07, 6.45) is 2.89. The van der Waals surface area contributed by atoms with E-state index in [0.29, 0.717) is 6.54 Å². The first-order chi connectivity index (χ1) is 13.4. The Morgan fingerprint density at radius 3 is 2.61 bits per heavy atom. The van der Waals surface area contributed by atoms with E-state index < -0.39 is 5.60 Å². The average Bonchev–Trinajstić information content (AvgIpc) is 2.66. The highest BCUT2D eigenvalue weighted by molar-refractivity contribution is 5.79. The van der Waals surface area contributed by atoms with E-state index in [0.717, 1.165) is 77.7 Å². The van der Waals surface area contributed by atoms with E-state index in [-0.39, 0.29) is 12.1 Å². The zero-order valence-electron chi connectivity index (χ0n) is 18.1. The van der Waals surface area contributed by atoms with E-state index in [1.807, 2.05) is 25.7 Å². The standard InChI is InChI=1S/C20H39N5O3/c1-5-21-18(22-9-11-24-12-14-27-15-13-24)23-16-17-8-6-7-10-25(17)19(26)28-20(2,3)4/h17H,5-16H2,1-4H3,(H2,21,22,23). The molecule has 0 radical (unpaired) electrons. The Balaban J connectivity index is 1.86. The number of rotatable bonds is 6. The van der Waals surface area contributed by atoms with Crippen LogP contribution < -0.4 is 10.6 Å². The van der Waals surface area contributed by atoms with Crippen molar-refractivity contribution in [3.05, 3.63) is 0 Å². The van der Waals surface area contributed by atoms with Crippen LogP contribution in [0.4, 0.5) is 4.79 Å². The minimum absolute atomic E-state index is 0.0956. The first-order valence-corrected chi connectivity index (χ1v) is 10.7. The van der Waals surface area contributed by atoms with Crippen LogP contribution >= 0.6 is 0 Å². The van der Waals surface area contributed by atoms with Crippen molar-refractivity contribution in [1.82, 2.24) is 20.4 Å². The fraction of sp³-hybridized carbons (Fsp3) is 0.900. The molecule has 1 amide bonds.